The summed E-state index contributed by atoms with van der Waals surface area (Å²) in [7, 11) is 0. The summed E-state index contributed by atoms with van der Waals surface area (Å²) in [5.41, 5.74) is 2.21. The Balaban J connectivity index is 2.17. The molecule has 5 nitrogen and oxygen atoms in total. The lowest BCUT2D eigenvalue weighted by atomic mass is 9.93. The largest absolute Gasteiger partial charge is 0.480 e. The SMILES string of the molecule is Cc1cc(Cl)c(C(=O)NC(C(=O)O)C2CCCOC2)cc1C. The van der Waals surface area contributed by atoms with E-state index >= 15 is 0 Å². The fourth-order valence-corrected chi connectivity index (χ4v) is 2.89. The van der Waals surface area contributed by atoms with Crippen LogP contribution in [0.5, 0.6) is 0 Å². The third-order valence-electron chi connectivity index (χ3n) is 4.05. The first-order chi connectivity index (χ1) is 10.4. The third kappa shape index (κ3) is 3.78. The summed E-state index contributed by atoms with van der Waals surface area (Å²) in [6, 6.07) is 2.43. The highest BCUT2D eigenvalue weighted by Gasteiger charge is 2.32. The molecule has 22 heavy (non-hydrogen) atoms. The van der Waals surface area contributed by atoms with Crippen molar-refractivity contribution < 1.29 is 19.4 Å². The molecule has 2 N–H and O–H groups in total. The minimum Gasteiger partial charge on any atom is -0.480 e. The molecule has 0 radical (unpaired) electrons. The van der Waals surface area contributed by atoms with Crippen LogP contribution in [0.15, 0.2) is 12.1 Å². The monoisotopic (exact) mass is 325 g/mol. The molecule has 6 heteroatoms. The summed E-state index contributed by atoms with van der Waals surface area (Å²) < 4.78 is 5.32. The van der Waals surface area contributed by atoms with E-state index in [1.807, 2.05) is 13.8 Å². The summed E-state index contributed by atoms with van der Waals surface area (Å²) in [6.45, 7) is 4.77. The number of hydrogen-bond donors (Lipinski definition) is 2. The summed E-state index contributed by atoms with van der Waals surface area (Å²) >= 11 is 6.11. The van der Waals surface area contributed by atoms with Crippen molar-refractivity contribution in [2.24, 2.45) is 5.92 Å². The molecule has 0 saturated carbocycles. The number of nitrogens with one attached hydrogen (secondary N) is 1. The van der Waals surface area contributed by atoms with Crippen LogP contribution in [0.1, 0.15) is 34.3 Å². The Morgan fingerprint density at radius 3 is 2.64 bits per heavy atom. The highest BCUT2D eigenvalue weighted by atomic mass is 35.5. The number of halogens is 1. The number of ether oxygens (including phenoxy) is 1. The molecule has 1 aromatic carbocycles. The van der Waals surface area contributed by atoms with Crippen LogP contribution in [0.25, 0.3) is 0 Å². The summed E-state index contributed by atoms with van der Waals surface area (Å²) in [5.74, 6) is -1.74. The third-order valence-corrected chi connectivity index (χ3v) is 4.36. The second kappa shape index (κ2) is 7.11. The molecule has 2 atom stereocenters. The van der Waals surface area contributed by atoms with Crippen molar-refractivity contribution in [3.05, 3.63) is 33.8 Å². The first-order valence-electron chi connectivity index (χ1n) is 7.28. The van der Waals surface area contributed by atoms with Crippen LogP contribution in [0, 0.1) is 19.8 Å². The number of rotatable bonds is 4. The molecule has 0 aromatic heterocycles. The summed E-state index contributed by atoms with van der Waals surface area (Å²) in [5, 5.41) is 12.3. The predicted octanol–water partition coefficient (Wildman–Crippen LogP) is 2.57. The number of carbonyl (C=O) groups excluding carboxylic acids is 1. The molecular formula is C16H20ClNO4. The zero-order valence-corrected chi connectivity index (χ0v) is 13.4. The number of carbonyl (C=O) groups is 2. The van der Waals surface area contributed by atoms with Gasteiger partial charge in [-0.25, -0.2) is 4.79 Å². The van der Waals surface area contributed by atoms with Gasteiger partial charge in [0, 0.05) is 12.5 Å². The van der Waals surface area contributed by atoms with Crippen LogP contribution >= 0.6 is 11.6 Å². The fourth-order valence-electron chi connectivity index (χ4n) is 2.58. The summed E-state index contributed by atoms with van der Waals surface area (Å²) in [6.07, 6.45) is 1.52. The molecular weight excluding hydrogens is 306 g/mol. The van der Waals surface area contributed by atoms with Crippen molar-refractivity contribution in [3.63, 3.8) is 0 Å². The Labute approximate surface area is 134 Å². The Kier molecular flexibility index (Phi) is 5.42. The van der Waals surface area contributed by atoms with Crippen molar-refractivity contribution in [2.45, 2.75) is 32.7 Å². The Bertz CT molecular complexity index is 582. The zero-order chi connectivity index (χ0) is 16.3. The molecule has 0 aliphatic carbocycles. The van der Waals surface area contributed by atoms with Gasteiger partial charge >= 0.3 is 5.97 Å². The van der Waals surface area contributed by atoms with Gasteiger partial charge in [0.2, 0.25) is 0 Å². The van der Waals surface area contributed by atoms with E-state index in [0.717, 1.165) is 24.0 Å². The first kappa shape index (κ1) is 16.8. The molecule has 2 rings (SSSR count). The second-order valence-corrected chi connectivity index (χ2v) is 6.09. The van der Waals surface area contributed by atoms with Gasteiger partial charge in [0.15, 0.2) is 0 Å². The average Bonchev–Trinajstić information content (AvgIpc) is 2.48. The molecule has 0 bridgehead atoms. The van der Waals surface area contributed by atoms with Crippen LogP contribution in [0.4, 0.5) is 0 Å². The van der Waals surface area contributed by atoms with Gasteiger partial charge in [-0.3, -0.25) is 4.79 Å². The molecule has 0 spiro atoms. The van der Waals surface area contributed by atoms with Crippen LogP contribution in [0.2, 0.25) is 5.02 Å². The first-order valence-corrected chi connectivity index (χ1v) is 7.66. The van der Waals surface area contributed by atoms with E-state index in [9.17, 15) is 14.7 Å². The summed E-state index contributed by atoms with van der Waals surface area (Å²) in [4.78, 5) is 23.9. The number of carboxylic acid groups (broad SMARTS) is 1. The maximum atomic E-state index is 12.4. The second-order valence-electron chi connectivity index (χ2n) is 5.68. The highest BCUT2D eigenvalue weighted by Crippen LogP contribution is 2.22. The van der Waals surface area contributed by atoms with E-state index in [0.29, 0.717) is 23.8 Å². The quantitative estimate of drug-likeness (QED) is 0.892. The minimum absolute atomic E-state index is 0.222. The lowest BCUT2D eigenvalue weighted by Crippen LogP contribution is -2.48. The zero-order valence-electron chi connectivity index (χ0n) is 12.7. The van der Waals surface area contributed by atoms with Crippen molar-refractivity contribution in [2.75, 3.05) is 13.2 Å². The van der Waals surface area contributed by atoms with Crippen molar-refractivity contribution in [1.29, 1.82) is 0 Å². The highest BCUT2D eigenvalue weighted by molar-refractivity contribution is 6.34. The maximum Gasteiger partial charge on any atom is 0.326 e. The Morgan fingerprint density at radius 2 is 2.05 bits per heavy atom. The lowest BCUT2D eigenvalue weighted by Gasteiger charge is -2.28. The number of hydrogen-bond acceptors (Lipinski definition) is 3. The molecule has 1 saturated heterocycles. The number of benzene rings is 1. The normalized spacial score (nSPS) is 19.5. The van der Waals surface area contributed by atoms with Crippen LogP contribution in [0.3, 0.4) is 0 Å². The molecule has 1 fully saturated rings. The Morgan fingerprint density at radius 1 is 1.36 bits per heavy atom. The van der Waals surface area contributed by atoms with E-state index in [2.05, 4.69) is 5.32 Å². The van der Waals surface area contributed by atoms with Crippen molar-refractivity contribution in [3.8, 4) is 0 Å². The molecule has 2 unspecified atom stereocenters. The van der Waals surface area contributed by atoms with Gasteiger partial charge in [-0.1, -0.05) is 11.6 Å². The number of aryl methyl sites for hydroxylation is 2. The van der Waals surface area contributed by atoms with E-state index < -0.39 is 17.9 Å². The lowest BCUT2D eigenvalue weighted by molar-refractivity contribution is -0.142. The predicted molar refractivity (Wildman–Crippen MR) is 83.4 cm³/mol. The van der Waals surface area contributed by atoms with E-state index in [1.165, 1.54) is 0 Å². The van der Waals surface area contributed by atoms with Crippen molar-refractivity contribution in [1.82, 2.24) is 5.32 Å². The minimum atomic E-state index is -1.05. The van der Waals surface area contributed by atoms with Gasteiger partial charge in [-0.05, 0) is 49.9 Å². The average molecular weight is 326 g/mol. The van der Waals surface area contributed by atoms with Gasteiger partial charge in [0.25, 0.3) is 5.91 Å². The molecule has 1 aromatic rings. The van der Waals surface area contributed by atoms with Crippen LogP contribution in [-0.4, -0.2) is 36.2 Å². The van der Waals surface area contributed by atoms with Gasteiger partial charge in [0.05, 0.1) is 17.2 Å². The number of aliphatic carboxylic acids is 1. The van der Waals surface area contributed by atoms with E-state index in [1.54, 1.807) is 12.1 Å². The molecule has 1 aliphatic rings. The van der Waals surface area contributed by atoms with Gasteiger partial charge in [-0.2, -0.15) is 0 Å². The molecule has 1 heterocycles. The fraction of sp³-hybridized carbons (Fsp3) is 0.500. The van der Waals surface area contributed by atoms with Gasteiger partial charge in [0.1, 0.15) is 6.04 Å². The Hall–Kier alpha value is -1.59. The van der Waals surface area contributed by atoms with E-state index in [-0.39, 0.29) is 5.92 Å². The van der Waals surface area contributed by atoms with E-state index in [4.69, 9.17) is 16.3 Å². The van der Waals surface area contributed by atoms with Crippen LogP contribution < -0.4 is 5.32 Å². The van der Waals surface area contributed by atoms with Gasteiger partial charge < -0.3 is 15.2 Å². The number of amides is 1. The molecule has 1 amide bonds. The van der Waals surface area contributed by atoms with Crippen LogP contribution in [-0.2, 0) is 9.53 Å². The number of carboxylic acids is 1. The standard InChI is InChI=1S/C16H20ClNO4/c1-9-6-12(13(17)7-10(9)2)15(19)18-14(16(20)21)11-4-3-5-22-8-11/h6-7,11,14H,3-5,8H2,1-2H3,(H,18,19)(H,20,21). The molecule has 1 aliphatic heterocycles. The molecule has 120 valence electrons. The van der Waals surface area contributed by atoms with Crippen molar-refractivity contribution >= 4 is 23.5 Å². The maximum absolute atomic E-state index is 12.4. The smallest absolute Gasteiger partial charge is 0.326 e. The van der Waals surface area contributed by atoms with Gasteiger partial charge in [-0.15, -0.1) is 0 Å². The topological polar surface area (TPSA) is 75.6 Å².